The fraction of sp³-hybridized carbons (Fsp3) is 0.780. The van der Waals surface area contributed by atoms with Crippen molar-refractivity contribution in [3.8, 4) is 0 Å². The number of aliphatic carboxylic acids is 1. The lowest BCUT2D eigenvalue weighted by Crippen LogP contribution is -2.51. The summed E-state index contributed by atoms with van der Waals surface area (Å²) < 4.78 is 27.0. The molecule has 18 heteroatoms. The minimum absolute atomic E-state index is 0.0186. The Labute approximate surface area is 412 Å². The number of methoxy groups -OCH3 is 2. The van der Waals surface area contributed by atoms with Crippen LogP contribution < -0.4 is 16.5 Å². The molecule has 4 amide bonds. The summed E-state index contributed by atoms with van der Waals surface area (Å²) in [6.07, 6.45) is 12.4. The molecule has 1 aliphatic heterocycles. The zero-order chi connectivity index (χ0) is 52.9. The van der Waals surface area contributed by atoms with Crippen molar-refractivity contribution in [2.24, 2.45) is 23.7 Å². The van der Waals surface area contributed by atoms with Gasteiger partial charge in [-0.25, -0.2) is 10.7 Å². The van der Waals surface area contributed by atoms with Crippen molar-refractivity contribution in [1.29, 1.82) is 0 Å². The highest BCUT2D eigenvalue weighted by Crippen LogP contribution is 2.24. The number of amides is 4. The summed E-state index contributed by atoms with van der Waals surface area (Å²) in [7, 11) is 7.30. The Morgan fingerprint density at radius 2 is 1.41 bits per heavy atom. The molecule has 1 rings (SSSR count). The fourth-order valence-corrected chi connectivity index (χ4v) is 6.78. The number of nitrogens with two attached hydrogens (primary N) is 1. The molecule has 400 valence electrons. The molecule has 18 nitrogen and oxygen atoms in total. The molecule has 1 aliphatic rings. The van der Waals surface area contributed by atoms with Gasteiger partial charge in [0.1, 0.15) is 6.04 Å². The summed E-state index contributed by atoms with van der Waals surface area (Å²) in [5, 5.41) is 13.3. The highest BCUT2D eigenvalue weighted by molar-refractivity contribution is 5.80. The number of likely N-dealkylation sites (tertiary alicyclic amines) is 1. The molecule has 1 fully saturated rings. The van der Waals surface area contributed by atoms with Crippen LogP contribution in [0, 0.1) is 17.8 Å². The van der Waals surface area contributed by atoms with Crippen LogP contribution in [-0.4, -0.2) is 181 Å². The molecule has 0 saturated carbocycles. The lowest BCUT2D eigenvalue weighted by molar-refractivity contribution is -0.140. The molecule has 0 spiro atoms. The summed E-state index contributed by atoms with van der Waals surface area (Å²) in [5.74, 6) is 5.17. The third-order valence-corrected chi connectivity index (χ3v) is 11.1. The highest BCUT2D eigenvalue weighted by Gasteiger charge is 2.33. The smallest absolute Gasteiger partial charge is 0.326 e. The molecular weight excluding hydrogens is 877 g/mol. The molecule has 0 bridgehead atoms. The first-order chi connectivity index (χ1) is 32.3. The number of rotatable bonds is 34. The molecule has 0 aromatic rings. The third-order valence-electron chi connectivity index (χ3n) is 11.1. The van der Waals surface area contributed by atoms with Crippen LogP contribution in [0.1, 0.15) is 108 Å². The summed E-state index contributed by atoms with van der Waals surface area (Å²) in [6.45, 7) is 34.4. The SMILES string of the molecule is C=C/C=C\C(=C)CC(NC=O)C(=O)O.CC(C)C(C)N(C)CCOCCOCCOCCON.CCC.CCC(C)C(C(CC)OC)N(C)C(=O)CNC=O.COC(C(C)C)C1CCCN1C=O. The lowest BCUT2D eigenvalue weighted by atomic mass is 9.91. The average molecular weight is 975 g/mol. The molecule has 1 heterocycles. The van der Waals surface area contributed by atoms with Gasteiger partial charge in [-0.15, -0.1) is 0 Å². The Bertz CT molecular complexity index is 1290. The lowest BCUT2D eigenvalue weighted by Gasteiger charge is -2.37. The molecule has 0 aromatic carbocycles. The number of carboxylic acids is 1. The van der Waals surface area contributed by atoms with E-state index in [4.69, 9.17) is 34.7 Å². The largest absolute Gasteiger partial charge is 0.480 e. The molecule has 0 aromatic heterocycles. The normalized spacial score (nSPS) is 15.6. The van der Waals surface area contributed by atoms with Crippen LogP contribution in [-0.2, 0) is 52.5 Å². The number of nitrogens with zero attached hydrogens (tertiary/aromatic N) is 3. The monoisotopic (exact) mass is 975 g/mol. The van der Waals surface area contributed by atoms with Crippen molar-refractivity contribution in [2.45, 2.75) is 144 Å². The van der Waals surface area contributed by atoms with Gasteiger partial charge >= 0.3 is 5.97 Å². The molecular formula is C50H98N6O12. The van der Waals surface area contributed by atoms with Gasteiger partial charge < -0.3 is 59.0 Å². The van der Waals surface area contributed by atoms with E-state index in [0.717, 1.165) is 51.8 Å². The minimum atomic E-state index is -1.08. The molecule has 7 atom stereocenters. The van der Waals surface area contributed by atoms with Crippen molar-refractivity contribution in [3.05, 3.63) is 37.0 Å². The van der Waals surface area contributed by atoms with Crippen molar-refractivity contribution >= 4 is 31.1 Å². The van der Waals surface area contributed by atoms with Gasteiger partial charge in [0.05, 0.1) is 77.1 Å². The molecule has 0 aliphatic carbocycles. The number of allylic oxidation sites excluding steroid dienone is 3. The van der Waals surface area contributed by atoms with Crippen molar-refractivity contribution in [2.75, 3.05) is 94.2 Å². The topological polar surface area (TPSA) is 221 Å². The van der Waals surface area contributed by atoms with Crippen molar-refractivity contribution < 1.29 is 57.6 Å². The van der Waals surface area contributed by atoms with E-state index in [-0.39, 0.29) is 37.1 Å². The zero-order valence-corrected chi connectivity index (χ0v) is 44.7. The standard InChI is InChI=1S/C14H32N2O4.C13H26N2O3.C10H13NO3.C10H19NO2.C3H8/c1-13(2)14(3)16(4)5-6-17-7-8-18-9-10-19-11-12-20-15;1-6-10(3)13(11(7-2)18-5)15(4)12(17)8-14-9-16;1-3-4-5-8(2)6-9(10(13)14)11-7-12;1-8(2)10(13-3)9-5-4-6-11(9)7-12;1-3-2/h13-14H,5-12,15H2,1-4H3;9-11,13H,6-8H2,1-5H3,(H,14,16);3-5,7,9H,1-2,6H2,(H,11,12)(H,13,14);7-10H,4-6H2,1-3H3;3H2,1-2H3/b;;5-4-;;. The Hall–Kier alpha value is -3.75. The van der Waals surface area contributed by atoms with Crippen LogP contribution in [0.15, 0.2) is 37.0 Å². The fourth-order valence-electron chi connectivity index (χ4n) is 6.78. The van der Waals surface area contributed by atoms with E-state index in [0.29, 0.717) is 87.9 Å². The van der Waals surface area contributed by atoms with E-state index in [2.05, 4.69) is 103 Å². The summed E-state index contributed by atoms with van der Waals surface area (Å²) in [5.41, 5.74) is 0.617. The maximum atomic E-state index is 11.9. The van der Waals surface area contributed by atoms with Gasteiger partial charge in [0.25, 0.3) is 0 Å². The number of nitrogens with one attached hydrogen (secondary N) is 2. The van der Waals surface area contributed by atoms with E-state index in [1.165, 1.54) is 6.42 Å². The Morgan fingerprint density at radius 1 is 0.853 bits per heavy atom. The van der Waals surface area contributed by atoms with Crippen LogP contribution in [0.2, 0.25) is 0 Å². The zero-order valence-electron chi connectivity index (χ0n) is 44.7. The molecule has 1 saturated heterocycles. The van der Waals surface area contributed by atoms with Gasteiger partial charge in [-0.2, -0.15) is 0 Å². The molecule has 68 heavy (non-hydrogen) atoms. The number of carbonyl (C=O) groups excluding carboxylic acids is 4. The van der Waals surface area contributed by atoms with Gasteiger partial charge in [-0.05, 0) is 51.0 Å². The predicted molar refractivity (Wildman–Crippen MR) is 272 cm³/mol. The second kappa shape index (κ2) is 48.3. The minimum Gasteiger partial charge on any atom is -0.480 e. The maximum Gasteiger partial charge on any atom is 0.326 e. The van der Waals surface area contributed by atoms with Gasteiger partial charge in [0.2, 0.25) is 25.1 Å². The summed E-state index contributed by atoms with van der Waals surface area (Å²) in [6, 6.07) is -0.0209. The summed E-state index contributed by atoms with van der Waals surface area (Å²) >= 11 is 0. The number of carbonyl (C=O) groups is 5. The predicted octanol–water partition coefficient (Wildman–Crippen LogP) is 5.50. The van der Waals surface area contributed by atoms with Crippen LogP contribution in [0.4, 0.5) is 0 Å². The number of likely N-dealkylation sites (N-methyl/N-ethyl adjacent to an activating group) is 2. The number of hydrogen-bond donors (Lipinski definition) is 4. The molecule has 0 radical (unpaired) electrons. The highest BCUT2D eigenvalue weighted by atomic mass is 16.6. The summed E-state index contributed by atoms with van der Waals surface area (Å²) in [4.78, 5) is 63.8. The van der Waals surface area contributed by atoms with E-state index in [9.17, 15) is 24.0 Å². The van der Waals surface area contributed by atoms with E-state index >= 15 is 0 Å². The maximum absolute atomic E-state index is 11.9. The van der Waals surface area contributed by atoms with Crippen LogP contribution in [0.3, 0.4) is 0 Å². The second-order valence-electron chi connectivity index (χ2n) is 17.1. The third kappa shape index (κ3) is 36.3. The molecule has 7 unspecified atom stereocenters. The Balaban J connectivity index is -0.000000398. The van der Waals surface area contributed by atoms with Crippen molar-refractivity contribution in [3.63, 3.8) is 0 Å². The van der Waals surface area contributed by atoms with Crippen LogP contribution in [0.25, 0.3) is 0 Å². The number of hydrogen-bond acceptors (Lipinski definition) is 13. The van der Waals surface area contributed by atoms with Gasteiger partial charge in [0.15, 0.2) is 0 Å². The van der Waals surface area contributed by atoms with E-state index in [1.54, 1.807) is 44.4 Å². The average Bonchev–Trinajstić information content (AvgIpc) is 3.79. The van der Waals surface area contributed by atoms with Crippen molar-refractivity contribution in [1.82, 2.24) is 25.3 Å². The van der Waals surface area contributed by atoms with E-state index in [1.807, 2.05) is 11.8 Å². The Morgan fingerprint density at radius 3 is 1.82 bits per heavy atom. The van der Waals surface area contributed by atoms with Crippen LogP contribution in [0.5, 0.6) is 0 Å². The van der Waals surface area contributed by atoms with Gasteiger partial charge in [0, 0.05) is 46.8 Å². The van der Waals surface area contributed by atoms with Gasteiger partial charge in [-0.3, -0.25) is 19.2 Å². The van der Waals surface area contributed by atoms with Crippen LogP contribution >= 0.6 is 0 Å². The number of ether oxygens (including phenoxy) is 5. The first-order valence-corrected chi connectivity index (χ1v) is 24.2. The quantitative estimate of drug-likeness (QED) is 0.0271. The van der Waals surface area contributed by atoms with Gasteiger partial charge in [-0.1, -0.05) is 112 Å². The number of carboxylic acid groups (broad SMARTS) is 1. The first-order valence-electron chi connectivity index (χ1n) is 24.2. The first kappa shape index (κ1) is 70.8. The second-order valence-corrected chi connectivity index (χ2v) is 17.1. The van der Waals surface area contributed by atoms with E-state index < -0.39 is 12.0 Å². The Kier molecular flexibility index (Phi) is 50.3. The molecule has 5 N–H and O–H groups in total.